The summed E-state index contributed by atoms with van der Waals surface area (Å²) in [5.41, 5.74) is 0.441. The van der Waals surface area contributed by atoms with Crippen LogP contribution in [0, 0.1) is 5.82 Å². The quantitative estimate of drug-likeness (QED) is 0.827. The molecule has 0 aliphatic heterocycles. The summed E-state index contributed by atoms with van der Waals surface area (Å²) in [6, 6.07) is 9.97. The summed E-state index contributed by atoms with van der Waals surface area (Å²) in [5.74, 6) is -0.890. The first kappa shape index (κ1) is 19.0. The van der Waals surface area contributed by atoms with Crippen molar-refractivity contribution in [2.24, 2.45) is 0 Å². The molecular formula is C17H15Cl2FN2O3. The van der Waals surface area contributed by atoms with Crippen LogP contribution in [-0.2, 0) is 9.59 Å². The highest BCUT2D eigenvalue weighted by Crippen LogP contribution is 2.27. The van der Waals surface area contributed by atoms with Crippen LogP contribution in [0.4, 0.5) is 10.1 Å². The zero-order valence-electron chi connectivity index (χ0n) is 13.3. The number of halogens is 3. The van der Waals surface area contributed by atoms with Gasteiger partial charge in [-0.25, -0.2) is 4.39 Å². The number of nitrogens with one attached hydrogen (secondary N) is 1. The number of hydrogen-bond acceptors (Lipinski definition) is 3. The van der Waals surface area contributed by atoms with E-state index in [2.05, 4.69) is 5.32 Å². The van der Waals surface area contributed by atoms with E-state index in [1.54, 1.807) is 12.1 Å². The van der Waals surface area contributed by atoms with Crippen molar-refractivity contribution in [2.45, 2.75) is 0 Å². The average molecular weight is 385 g/mol. The van der Waals surface area contributed by atoms with Crippen molar-refractivity contribution in [3.63, 3.8) is 0 Å². The Balaban J connectivity index is 1.82. The minimum atomic E-state index is -0.410. The van der Waals surface area contributed by atoms with Gasteiger partial charge < -0.3 is 15.0 Å². The fourth-order valence-corrected chi connectivity index (χ4v) is 2.34. The topological polar surface area (TPSA) is 58.6 Å². The molecule has 5 nitrogen and oxygen atoms in total. The summed E-state index contributed by atoms with van der Waals surface area (Å²) in [7, 11) is 1.47. The van der Waals surface area contributed by atoms with Crippen molar-refractivity contribution in [2.75, 3.05) is 25.5 Å². The Morgan fingerprint density at radius 1 is 1.16 bits per heavy atom. The fourth-order valence-electron chi connectivity index (χ4n) is 1.88. The molecule has 0 fully saturated rings. The van der Waals surface area contributed by atoms with Gasteiger partial charge in [0.2, 0.25) is 5.91 Å². The van der Waals surface area contributed by atoms with Gasteiger partial charge >= 0.3 is 0 Å². The van der Waals surface area contributed by atoms with Crippen molar-refractivity contribution < 1.29 is 18.7 Å². The summed E-state index contributed by atoms with van der Waals surface area (Å²) in [4.78, 5) is 25.1. The van der Waals surface area contributed by atoms with Crippen molar-refractivity contribution in [1.82, 2.24) is 4.90 Å². The molecule has 8 heteroatoms. The highest BCUT2D eigenvalue weighted by molar-refractivity contribution is 6.35. The summed E-state index contributed by atoms with van der Waals surface area (Å²) in [5, 5.41) is 3.31. The standard InChI is InChI=1S/C17H15Cl2FN2O3/c1-22(9-16(23)21-13-5-3-12(20)4-6-13)17(24)10-25-15-7-2-11(18)8-14(15)19/h2-8H,9-10H2,1H3,(H,21,23). The third-order valence-corrected chi connectivity index (χ3v) is 3.71. The molecule has 132 valence electrons. The molecule has 0 aliphatic rings. The van der Waals surface area contributed by atoms with Gasteiger partial charge in [-0.05, 0) is 42.5 Å². The number of nitrogens with zero attached hydrogens (tertiary/aromatic N) is 1. The summed E-state index contributed by atoms with van der Waals surface area (Å²) < 4.78 is 18.2. The Morgan fingerprint density at radius 2 is 1.84 bits per heavy atom. The largest absolute Gasteiger partial charge is 0.482 e. The van der Waals surface area contributed by atoms with Crippen molar-refractivity contribution in [1.29, 1.82) is 0 Å². The molecule has 0 saturated heterocycles. The second kappa shape index (κ2) is 8.69. The molecule has 1 N–H and O–H groups in total. The molecule has 0 heterocycles. The molecule has 25 heavy (non-hydrogen) atoms. The molecule has 0 aliphatic carbocycles. The molecule has 2 aromatic rings. The van der Waals surface area contributed by atoms with Gasteiger partial charge in [0.1, 0.15) is 11.6 Å². The van der Waals surface area contributed by atoms with Crippen LogP contribution in [0.3, 0.4) is 0 Å². The maximum absolute atomic E-state index is 12.8. The monoisotopic (exact) mass is 384 g/mol. The molecular weight excluding hydrogens is 370 g/mol. The van der Waals surface area contributed by atoms with E-state index >= 15 is 0 Å². The molecule has 0 unspecified atom stereocenters. The van der Waals surface area contributed by atoms with Crippen molar-refractivity contribution in [3.05, 3.63) is 58.3 Å². The number of benzene rings is 2. The van der Waals surface area contributed by atoms with Crippen LogP contribution < -0.4 is 10.1 Å². The van der Waals surface area contributed by atoms with Crippen LogP contribution in [0.1, 0.15) is 0 Å². The minimum Gasteiger partial charge on any atom is -0.482 e. The lowest BCUT2D eigenvalue weighted by molar-refractivity contribution is -0.135. The lowest BCUT2D eigenvalue weighted by Gasteiger charge is -2.17. The van der Waals surface area contributed by atoms with E-state index in [4.69, 9.17) is 27.9 Å². The van der Waals surface area contributed by atoms with E-state index in [9.17, 15) is 14.0 Å². The summed E-state index contributed by atoms with van der Waals surface area (Å²) in [6.45, 7) is -0.449. The molecule has 2 aromatic carbocycles. The number of carbonyl (C=O) groups is 2. The van der Waals surface area contributed by atoms with E-state index in [0.717, 1.165) is 0 Å². The first-order valence-electron chi connectivity index (χ1n) is 7.22. The van der Waals surface area contributed by atoms with Crippen molar-refractivity contribution >= 4 is 40.7 Å². The Labute approximate surface area is 154 Å². The molecule has 0 aromatic heterocycles. The van der Waals surface area contributed by atoms with Gasteiger partial charge in [-0.15, -0.1) is 0 Å². The predicted molar refractivity (Wildman–Crippen MR) is 94.6 cm³/mol. The number of hydrogen-bond donors (Lipinski definition) is 1. The van der Waals surface area contributed by atoms with Gasteiger partial charge in [0, 0.05) is 17.8 Å². The molecule has 0 atom stereocenters. The Kier molecular flexibility index (Phi) is 6.61. The number of ether oxygens (including phenoxy) is 1. The molecule has 0 bridgehead atoms. The molecule has 0 saturated carbocycles. The highest BCUT2D eigenvalue weighted by atomic mass is 35.5. The van der Waals surface area contributed by atoms with E-state index in [1.165, 1.54) is 42.3 Å². The normalized spacial score (nSPS) is 10.2. The number of likely N-dealkylation sites (N-methyl/N-ethyl adjacent to an activating group) is 1. The van der Waals surface area contributed by atoms with Gasteiger partial charge in [0.15, 0.2) is 6.61 Å². The second-order valence-corrected chi connectivity index (χ2v) is 6.01. The number of rotatable bonds is 6. The first-order chi connectivity index (χ1) is 11.8. The SMILES string of the molecule is CN(CC(=O)Nc1ccc(F)cc1)C(=O)COc1ccc(Cl)cc1Cl. The third-order valence-electron chi connectivity index (χ3n) is 3.18. The van der Waals surface area contributed by atoms with Crippen LogP contribution in [0.5, 0.6) is 5.75 Å². The van der Waals surface area contributed by atoms with Gasteiger partial charge in [0.25, 0.3) is 5.91 Å². The smallest absolute Gasteiger partial charge is 0.260 e. The molecule has 0 spiro atoms. The predicted octanol–water partition coefficient (Wildman–Crippen LogP) is 3.61. The Morgan fingerprint density at radius 3 is 2.48 bits per heavy atom. The molecule has 2 rings (SSSR count). The summed E-state index contributed by atoms with van der Waals surface area (Å²) in [6.07, 6.45) is 0. The third kappa shape index (κ3) is 5.92. The van der Waals surface area contributed by atoms with Gasteiger partial charge in [-0.1, -0.05) is 23.2 Å². The molecule has 2 amide bonds. The minimum absolute atomic E-state index is 0.173. The van der Waals surface area contributed by atoms with E-state index < -0.39 is 17.6 Å². The highest BCUT2D eigenvalue weighted by Gasteiger charge is 2.14. The maximum atomic E-state index is 12.8. The van der Waals surface area contributed by atoms with Gasteiger partial charge in [0.05, 0.1) is 11.6 Å². The van der Waals surface area contributed by atoms with Crippen LogP contribution in [0.15, 0.2) is 42.5 Å². The lowest BCUT2D eigenvalue weighted by Crippen LogP contribution is -2.37. The number of carbonyl (C=O) groups excluding carboxylic acids is 2. The zero-order chi connectivity index (χ0) is 18.4. The van der Waals surface area contributed by atoms with Crippen LogP contribution in [0.25, 0.3) is 0 Å². The number of anilines is 1. The molecule has 0 radical (unpaired) electrons. The Hall–Kier alpha value is -2.31. The van der Waals surface area contributed by atoms with Gasteiger partial charge in [-0.2, -0.15) is 0 Å². The average Bonchev–Trinajstić information content (AvgIpc) is 2.55. The van der Waals surface area contributed by atoms with Crippen LogP contribution in [-0.4, -0.2) is 36.9 Å². The van der Waals surface area contributed by atoms with E-state index in [-0.39, 0.29) is 18.2 Å². The second-order valence-electron chi connectivity index (χ2n) is 5.17. The van der Waals surface area contributed by atoms with E-state index in [1.807, 2.05) is 0 Å². The van der Waals surface area contributed by atoms with Crippen molar-refractivity contribution in [3.8, 4) is 5.75 Å². The lowest BCUT2D eigenvalue weighted by atomic mass is 10.3. The summed E-state index contributed by atoms with van der Waals surface area (Å²) >= 11 is 11.7. The van der Waals surface area contributed by atoms with Gasteiger partial charge in [-0.3, -0.25) is 9.59 Å². The number of amides is 2. The first-order valence-corrected chi connectivity index (χ1v) is 7.98. The van der Waals surface area contributed by atoms with E-state index in [0.29, 0.717) is 16.5 Å². The Bertz CT molecular complexity index is 769. The van der Waals surface area contributed by atoms with Crippen LogP contribution in [0.2, 0.25) is 10.0 Å². The maximum Gasteiger partial charge on any atom is 0.260 e. The fraction of sp³-hybridized carbons (Fsp3) is 0.176. The zero-order valence-corrected chi connectivity index (χ0v) is 14.8. The van der Waals surface area contributed by atoms with Crippen LogP contribution >= 0.6 is 23.2 Å².